The molecule has 0 saturated carbocycles. The van der Waals surface area contributed by atoms with Gasteiger partial charge in [0, 0.05) is 15.7 Å². The molecule has 0 atom stereocenters. The number of anilines is 1. The predicted molar refractivity (Wildman–Crippen MR) is 95.3 cm³/mol. The minimum absolute atomic E-state index is 0.270. The van der Waals surface area contributed by atoms with Crippen LogP contribution in [-0.2, 0) is 0 Å². The number of methoxy groups -OCH3 is 1. The van der Waals surface area contributed by atoms with E-state index in [1.54, 1.807) is 38.3 Å². The van der Waals surface area contributed by atoms with Gasteiger partial charge in [0.25, 0.3) is 5.91 Å². The predicted octanol–water partition coefficient (Wildman–Crippen LogP) is 4.67. The Morgan fingerprint density at radius 1 is 1.21 bits per heavy atom. The molecular weight excluding hydrogens is 372 g/mol. The van der Waals surface area contributed by atoms with E-state index in [0.29, 0.717) is 22.7 Å². The first kappa shape index (κ1) is 16.3. The number of benzene rings is 2. The van der Waals surface area contributed by atoms with Crippen molar-refractivity contribution in [2.75, 3.05) is 12.4 Å². The molecule has 1 heterocycles. The van der Waals surface area contributed by atoms with Gasteiger partial charge in [0.1, 0.15) is 22.8 Å². The minimum atomic E-state index is -0.270. The average Bonchev–Trinajstić information content (AvgIpc) is 2.97. The first-order valence-corrected chi connectivity index (χ1v) is 8.05. The second kappa shape index (κ2) is 6.88. The molecule has 0 spiro atoms. The van der Waals surface area contributed by atoms with Crippen molar-refractivity contribution in [3.8, 4) is 17.0 Å². The number of aryl methyl sites for hydroxylation is 1. The maximum absolute atomic E-state index is 12.7. The number of carbonyl (C=O) groups excluding carboxylic acids is 1. The lowest BCUT2D eigenvalue weighted by Crippen LogP contribution is -2.13. The third-order valence-corrected chi connectivity index (χ3v) is 4.03. The third-order valence-electron chi connectivity index (χ3n) is 3.54. The van der Waals surface area contributed by atoms with E-state index in [0.717, 1.165) is 15.8 Å². The number of ether oxygens (including phenoxy) is 1. The number of nitrogens with zero attached hydrogens (tertiary/aromatic N) is 1. The van der Waals surface area contributed by atoms with Crippen LogP contribution < -0.4 is 10.1 Å². The zero-order chi connectivity index (χ0) is 17.1. The SMILES string of the molecule is COc1ccc(NC(=O)c2c(-c3cccc(Br)c3)noc2C)cc1. The van der Waals surface area contributed by atoms with Gasteiger partial charge < -0.3 is 14.6 Å². The zero-order valence-corrected chi connectivity index (χ0v) is 14.8. The van der Waals surface area contributed by atoms with E-state index >= 15 is 0 Å². The molecule has 1 N–H and O–H groups in total. The normalized spacial score (nSPS) is 10.5. The van der Waals surface area contributed by atoms with Crippen LogP contribution in [0.5, 0.6) is 5.75 Å². The molecule has 5 nitrogen and oxygen atoms in total. The van der Waals surface area contributed by atoms with Crippen LogP contribution in [0.2, 0.25) is 0 Å². The van der Waals surface area contributed by atoms with Crippen LogP contribution in [0.15, 0.2) is 57.5 Å². The van der Waals surface area contributed by atoms with Crippen LogP contribution in [0.1, 0.15) is 16.1 Å². The second-order valence-electron chi connectivity index (χ2n) is 5.16. The van der Waals surface area contributed by atoms with E-state index in [2.05, 4.69) is 26.4 Å². The van der Waals surface area contributed by atoms with Crippen molar-refractivity contribution >= 4 is 27.5 Å². The maximum Gasteiger partial charge on any atom is 0.261 e. The molecule has 0 bridgehead atoms. The first-order valence-electron chi connectivity index (χ1n) is 7.26. The number of amides is 1. The van der Waals surface area contributed by atoms with Crippen molar-refractivity contribution in [3.63, 3.8) is 0 Å². The zero-order valence-electron chi connectivity index (χ0n) is 13.2. The van der Waals surface area contributed by atoms with E-state index in [9.17, 15) is 4.79 Å². The second-order valence-corrected chi connectivity index (χ2v) is 6.07. The Kier molecular flexibility index (Phi) is 4.66. The van der Waals surface area contributed by atoms with Crippen molar-refractivity contribution < 1.29 is 14.1 Å². The van der Waals surface area contributed by atoms with Crippen molar-refractivity contribution in [2.24, 2.45) is 0 Å². The maximum atomic E-state index is 12.7. The molecule has 0 unspecified atom stereocenters. The summed E-state index contributed by atoms with van der Waals surface area (Å²) in [5, 5.41) is 6.90. The first-order chi connectivity index (χ1) is 11.6. The van der Waals surface area contributed by atoms with E-state index in [4.69, 9.17) is 9.26 Å². The van der Waals surface area contributed by atoms with Crippen LogP contribution in [-0.4, -0.2) is 18.2 Å². The highest BCUT2D eigenvalue weighted by Gasteiger charge is 2.21. The summed E-state index contributed by atoms with van der Waals surface area (Å²) >= 11 is 3.42. The average molecular weight is 387 g/mol. The lowest BCUT2D eigenvalue weighted by atomic mass is 10.1. The van der Waals surface area contributed by atoms with Gasteiger partial charge in [-0.05, 0) is 43.3 Å². The monoisotopic (exact) mass is 386 g/mol. The highest BCUT2D eigenvalue weighted by Crippen LogP contribution is 2.28. The Hall–Kier alpha value is -2.60. The Morgan fingerprint density at radius 3 is 2.62 bits per heavy atom. The quantitative estimate of drug-likeness (QED) is 0.707. The van der Waals surface area contributed by atoms with Gasteiger partial charge >= 0.3 is 0 Å². The van der Waals surface area contributed by atoms with Gasteiger partial charge in [-0.1, -0.05) is 33.2 Å². The molecule has 3 rings (SSSR count). The number of halogens is 1. The molecule has 0 saturated heterocycles. The van der Waals surface area contributed by atoms with Gasteiger partial charge in [0.05, 0.1) is 7.11 Å². The fourth-order valence-electron chi connectivity index (χ4n) is 2.34. The number of aromatic nitrogens is 1. The van der Waals surface area contributed by atoms with Gasteiger partial charge in [-0.25, -0.2) is 0 Å². The summed E-state index contributed by atoms with van der Waals surface area (Å²) in [7, 11) is 1.60. The van der Waals surface area contributed by atoms with E-state index < -0.39 is 0 Å². The molecule has 1 amide bonds. The number of carbonyl (C=O) groups is 1. The largest absolute Gasteiger partial charge is 0.497 e. The Balaban J connectivity index is 1.91. The van der Waals surface area contributed by atoms with Gasteiger partial charge in [-0.3, -0.25) is 4.79 Å². The van der Waals surface area contributed by atoms with Crippen molar-refractivity contribution in [3.05, 3.63) is 64.3 Å². The fraction of sp³-hybridized carbons (Fsp3) is 0.111. The number of hydrogen-bond donors (Lipinski definition) is 1. The molecule has 24 heavy (non-hydrogen) atoms. The number of nitrogens with one attached hydrogen (secondary N) is 1. The summed E-state index contributed by atoms with van der Waals surface area (Å²) in [4.78, 5) is 12.7. The van der Waals surface area contributed by atoms with Gasteiger partial charge in [-0.15, -0.1) is 0 Å². The van der Waals surface area contributed by atoms with Crippen molar-refractivity contribution in [1.82, 2.24) is 5.16 Å². The molecule has 0 aliphatic heterocycles. The summed E-state index contributed by atoms with van der Waals surface area (Å²) in [5.74, 6) is 0.925. The van der Waals surface area contributed by atoms with E-state index in [1.165, 1.54) is 0 Å². The smallest absolute Gasteiger partial charge is 0.261 e. The Labute approximate surface area is 147 Å². The molecule has 0 radical (unpaired) electrons. The van der Waals surface area contributed by atoms with Crippen LogP contribution in [0.4, 0.5) is 5.69 Å². The van der Waals surface area contributed by atoms with E-state index in [1.807, 2.05) is 24.3 Å². The summed E-state index contributed by atoms with van der Waals surface area (Å²) in [6, 6.07) is 14.7. The van der Waals surface area contributed by atoms with Gasteiger partial charge in [0.2, 0.25) is 0 Å². The molecular formula is C18H15BrN2O3. The molecule has 0 fully saturated rings. The third kappa shape index (κ3) is 3.33. The summed E-state index contributed by atoms with van der Waals surface area (Å²) in [5.41, 5.74) is 2.41. The number of hydrogen-bond acceptors (Lipinski definition) is 4. The lowest BCUT2D eigenvalue weighted by molar-refractivity contribution is 0.102. The highest BCUT2D eigenvalue weighted by atomic mass is 79.9. The Morgan fingerprint density at radius 2 is 1.96 bits per heavy atom. The fourth-order valence-corrected chi connectivity index (χ4v) is 2.74. The molecule has 0 aliphatic carbocycles. The van der Waals surface area contributed by atoms with E-state index in [-0.39, 0.29) is 5.91 Å². The molecule has 6 heteroatoms. The minimum Gasteiger partial charge on any atom is -0.497 e. The van der Waals surface area contributed by atoms with Gasteiger partial charge in [-0.2, -0.15) is 0 Å². The van der Waals surface area contributed by atoms with Crippen molar-refractivity contribution in [2.45, 2.75) is 6.92 Å². The number of rotatable bonds is 4. The summed E-state index contributed by atoms with van der Waals surface area (Å²) < 4.78 is 11.3. The highest BCUT2D eigenvalue weighted by molar-refractivity contribution is 9.10. The van der Waals surface area contributed by atoms with Crippen LogP contribution >= 0.6 is 15.9 Å². The lowest BCUT2D eigenvalue weighted by Gasteiger charge is -2.07. The van der Waals surface area contributed by atoms with Crippen molar-refractivity contribution in [1.29, 1.82) is 0 Å². The van der Waals surface area contributed by atoms with Crippen LogP contribution in [0.25, 0.3) is 11.3 Å². The Bertz CT molecular complexity index is 872. The van der Waals surface area contributed by atoms with Crippen LogP contribution in [0, 0.1) is 6.92 Å². The summed E-state index contributed by atoms with van der Waals surface area (Å²) in [6.45, 7) is 1.72. The molecule has 122 valence electrons. The standard InChI is InChI=1S/C18H15BrN2O3/c1-11-16(17(21-24-11)12-4-3-5-13(19)10-12)18(22)20-14-6-8-15(23-2)9-7-14/h3-10H,1-2H3,(H,20,22). The topological polar surface area (TPSA) is 64.4 Å². The van der Waals surface area contributed by atoms with Crippen LogP contribution in [0.3, 0.4) is 0 Å². The molecule has 2 aromatic carbocycles. The molecule has 0 aliphatic rings. The summed E-state index contributed by atoms with van der Waals surface area (Å²) in [6.07, 6.45) is 0. The van der Waals surface area contributed by atoms with Gasteiger partial charge in [0.15, 0.2) is 0 Å². The molecule has 1 aromatic heterocycles. The molecule has 3 aromatic rings.